The average molecular weight is 1210 g/mol. The van der Waals surface area contributed by atoms with E-state index in [1.807, 2.05) is 62.4 Å². The van der Waals surface area contributed by atoms with Crippen LogP contribution >= 0.6 is 11.6 Å². The lowest BCUT2D eigenvalue weighted by atomic mass is 9.99. The lowest BCUT2D eigenvalue weighted by molar-refractivity contribution is -0.144. The quantitative estimate of drug-likeness (QED) is 0.0176. The molecule has 0 radical (unpaired) electrons. The molecule has 0 unspecified atom stereocenters. The molecule has 1 aliphatic heterocycles. The van der Waals surface area contributed by atoms with Crippen LogP contribution in [0.1, 0.15) is 81.5 Å². The Morgan fingerprint density at radius 1 is 0.713 bits per heavy atom. The van der Waals surface area contributed by atoms with E-state index in [0.717, 1.165) is 32.3 Å². The van der Waals surface area contributed by atoms with Crippen LogP contribution in [0.2, 0.25) is 5.02 Å². The van der Waals surface area contributed by atoms with Gasteiger partial charge in [-0.2, -0.15) is 0 Å². The lowest BCUT2D eigenvalue weighted by Gasteiger charge is -2.32. The molecule has 24 heteroatoms. The smallest absolute Gasteiger partial charge is 0.247 e. The summed E-state index contributed by atoms with van der Waals surface area (Å²) in [6.07, 6.45) is 4.91. The molecule has 0 spiro atoms. The molecule has 3 heterocycles. The molecule has 14 N–H and O–H groups in total. The van der Waals surface area contributed by atoms with Gasteiger partial charge in [0.2, 0.25) is 47.3 Å². The summed E-state index contributed by atoms with van der Waals surface area (Å²) in [5.74, 6) is -5.67. The highest BCUT2D eigenvalue weighted by molar-refractivity contribution is 6.30. The van der Waals surface area contributed by atoms with E-state index in [2.05, 4.69) is 46.9 Å². The number of aliphatic hydroxyl groups is 1. The van der Waals surface area contributed by atoms with E-state index in [0.29, 0.717) is 47.5 Å². The van der Waals surface area contributed by atoms with Crippen molar-refractivity contribution in [1.29, 1.82) is 0 Å². The van der Waals surface area contributed by atoms with E-state index >= 15 is 9.59 Å². The van der Waals surface area contributed by atoms with Crippen LogP contribution in [-0.4, -0.2) is 159 Å². The van der Waals surface area contributed by atoms with Crippen molar-refractivity contribution in [1.82, 2.24) is 51.7 Å². The highest BCUT2D eigenvalue weighted by atomic mass is 35.5. The molecular weight excluding hydrogens is 1130 g/mol. The molecule has 6 aromatic rings. The van der Waals surface area contributed by atoms with Crippen LogP contribution in [0.3, 0.4) is 0 Å². The highest BCUT2D eigenvalue weighted by Gasteiger charge is 2.40. The molecule has 7 rings (SSSR count). The molecule has 2 aromatic heterocycles. The number of aromatic nitrogens is 2. The summed E-state index contributed by atoms with van der Waals surface area (Å²) in [5.41, 5.74) is 15.3. The molecule has 23 nitrogen and oxygen atoms in total. The number of fused-ring (bicyclic) bond motifs is 2. The number of aromatic hydroxyl groups is 1. The fourth-order valence-corrected chi connectivity index (χ4v) is 11.0. The third-order valence-corrected chi connectivity index (χ3v) is 15.7. The number of likely N-dealkylation sites (N-methyl/N-ethyl adjacent to an activating group) is 2. The monoisotopic (exact) mass is 1210 g/mol. The van der Waals surface area contributed by atoms with Crippen LogP contribution in [0.25, 0.3) is 21.8 Å². The van der Waals surface area contributed by atoms with Gasteiger partial charge in [-0.25, -0.2) is 0 Å². The number of carbonyl (C=O) groups is 8. The number of nitrogens with zero attached hydrogens (tertiary/aromatic N) is 3. The minimum Gasteiger partial charge on any atom is -0.508 e. The van der Waals surface area contributed by atoms with Gasteiger partial charge in [0.25, 0.3) is 0 Å². The highest BCUT2D eigenvalue weighted by Crippen LogP contribution is 2.24. The van der Waals surface area contributed by atoms with Crippen LogP contribution < -0.4 is 43.4 Å². The molecule has 7 atom stereocenters. The third-order valence-electron chi connectivity index (χ3n) is 15.4. The Balaban J connectivity index is 1.15. The van der Waals surface area contributed by atoms with Gasteiger partial charge in [0.15, 0.2) is 5.96 Å². The van der Waals surface area contributed by atoms with E-state index in [1.54, 1.807) is 55.7 Å². The molecule has 8 amide bonds. The number of phenolic OH excluding ortho intramolecular Hbond substituents is 1. The molecule has 87 heavy (non-hydrogen) atoms. The summed E-state index contributed by atoms with van der Waals surface area (Å²) in [6.45, 7) is 5.34. The first kappa shape index (κ1) is 65.6. The molecule has 0 saturated carbocycles. The number of hydrogen-bond donors (Lipinski definition) is 12. The minimum atomic E-state index is -1.65. The molecule has 4 aromatic carbocycles. The first-order chi connectivity index (χ1) is 41.7. The van der Waals surface area contributed by atoms with Gasteiger partial charge in [0, 0.05) is 91.6 Å². The summed E-state index contributed by atoms with van der Waals surface area (Å²) >= 11 is 6.08. The second-order valence-corrected chi connectivity index (χ2v) is 22.7. The van der Waals surface area contributed by atoms with Crippen LogP contribution in [0.4, 0.5) is 0 Å². The number of halogens is 1. The first-order valence-corrected chi connectivity index (χ1v) is 29.7. The van der Waals surface area contributed by atoms with Crippen LogP contribution in [0.15, 0.2) is 114 Å². The van der Waals surface area contributed by atoms with Gasteiger partial charge >= 0.3 is 0 Å². The number of aromatic amines is 2. The number of aryl methyl sites for hydroxylation is 1. The van der Waals surface area contributed by atoms with Gasteiger partial charge in [-0.1, -0.05) is 86.1 Å². The number of aliphatic imine (C=N–C) groups is 1. The van der Waals surface area contributed by atoms with Crippen molar-refractivity contribution in [2.24, 2.45) is 22.4 Å². The summed E-state index contributed by atoms with van der Waals surface area (Å²) < 4.78 is 0. The maximum absolute atomic E-state index is 15.2. The fraction of sp³-hybridized carbons (Fsp3) is 0.413. The molecule has 1 aliphatic rings. The zero-order valence-electron chi connectivity index (χ0n) is 49.4. The summed E-state index contributed by atoms with van der Waals surface area (Å²) in [5, 5.41) is 40.1. The Morgan fingerprint density at radius 2 is 1.26 bits per heavy atom. The number of carbonyl (C=O) groups excluding carboxylic acids is 8. The number of rotatable bonds is 30. The molecular formula is C63H80ClN13O10. The van der Waals surface area contributed by atoms with Gasteiger partial charge in [0.05, 0.1) is 6.61 Å². The average Bonchev–Trinajstić information content (AvgIpc) is 3.36. The van der Waals surface area contributed by atoms with Gasteiger partial charge in [0.1, 0.15) is 48.0 Å². The second-order valence-electron chi connectivity index (χ2n) is 22.3. The van der Waals surface area contributed by atoms with Crippen LogP contribution in [0, 0.1) is 5.92 Å². The second kappa shape index (κ2) is 31.4. The molecule has 1 fully saturated rings. The Morgan fingerprint density at radius 3 is 1.85 bits per heavy atom. The topological polar surface area (TPSA) is 352 Å². The zero-order chi connectivity index (χ0) is 62.7. The minimum absolute atomic E-state index is 0.00616. The number of nitrogens with two attached hydrogens (primary N) is 2. The van der Waals surface area contributed by atoms with E-state index in [4.69, 9.17) is 23.1 Å². The Labute approximate surface area is 510 Å². The van der Waals surface area contributed by atoms with Crippen molar-refractivity contribution in [3.05, 3.63) is 137 Å². The number of guanidine groups is 1. The van der Waals surface area contributed by atoms with Gasteiger partial charge in [-0.15, -0.1) is 0 Å². The van der Waals surface area contributed by atoms with Crippen molar-refractivity contribution in [2.75, 3.05) is 33.3 Å². The number of likely N-dealkylation sites (tertiary alicyclic amines) is 1. The maximum atomic E-state index is 15.2. The van der Waals surface area contributed by atoms with E-state index in [-0.39, 0.29) is 81.6 Å². The molecule has 0 aliphatic carbocycles. The van der Waals surface area contributed by atoms with Crippen LogP contribution in [-0.2, 0) is 64.0 Å². The van der Waals surface area contributed by atoms with Crippen LogP contribution in [0.5, 0.6) is 5.75 Å². The van der Waals surface area contributed by atoms with Gasteiger partial charge in [-0.05, 0) is 110 Å². The third kappa shape index (κ3) is 18.3. The summed E-state index contributed by atoms with van der Waals surface area (Å²) in [7, 11) is 1.32. The van der Waals surface area contributed by atoms with Crippen molar-refractivity contribution in [3.8, 4) is 5.75 Å². The number of nitrogens with one attached hydrogen (secondary N) is 8. The summed E-state index contributed by atoms with van der Waals surface area (Å²) in [6, 6.07) is 18.8. The zero-order valence-corrected chi connectivity index (χ0v) is 50.2. The predicted molar refractivity (Wildman–Crippen MR) is 332 cm³/mol. The van der Waals surface area contributed by atoms with Crippen molar-refractivity contribution in [3.63, 3.8) is 0 Å². The van der Waals surface area contributed by atoms with Gasteiger partial charge in [-0.3, -0.25) is 43.3 Å². The van der Waals surface area contributed by atoms with Crippen molar-refractivity contribution in [2.45, 2.75) is 127 Å². The number of para-hydroxylation sites is 2. The standard InChI is InChI=1S/C63H80ClN13O10/c1-5-67-59(84)53-17-11-29-77(53)62(87)48(16-10-28-68-63(65)66)72-56(81)49(30-37(2)3)73-58(83)51(33-41-35-70-47-15-9-7-13-45(41)47)74-60(85)54(31-39-20-25-43(79)26-21-39)76(4)61(86)52(36-78)75-57(82)50(32-40-34-69-46-14-8-6-12-44(40)46)71-55(80)27-22-38-18-23-42(64)24-19-38/h6-9,12-15,18-21,23-26,34-35,37,48-54,69-70,78-79H,5,10-11,16-17,22,27-33,36H2,1-4H3,(H,67,84)(H,71,80)(H,72,81)(H,73,83)(H,74,85)(H,75,82)(H4,65,66,68)/t48-,49-,50-,51+,52-,53+,54-/m0/s1. The van der Waals surface area contributed by atoms with E-state index in [1.165, 1.54) is 24.1 Å². The number of benzene rings is 4. The van der Waals surface area contributed by atoms with Gasteiger partial charge < -0.3 is 73.3 Å². The van der Waals surface area contributed by atoms with E-state index < -0.39 is 90.3 Å². The first-order valence-electron chi connectivity index (χ1n) is 29.4. The number of amides is 8. The maximum Gasteiger partial charge on any atom is 0.247 e. The number of phenols is 1. The molecule has 0 bridgehead atoms. The number of aliphatic hydroxyl groups excluding tert-OH is 1. The molecule has 1 saturated heterocycles. The fourth-order valence-electron chi connectivity index (χ4n) is 10.8. The largest absolute Gasteiger partial charge is 0.508 e. The predicted octanol–water partition coefficient (Wildman–Crippen LogP) is 3.14. The lowest BCUT2D eigenvalue weighted by Crippen LogP contribution is -2.61. The van der Waals surface area contributed by atoms with Crippen molar-refractivity contribution < 1.29 is 48.6 Å². The molecule has 464 valence electrons. The SMILES string of the molecule is CCNC(=O)[C@H]1CCCN1C(=O)[C@H](CCCN=C(N)N)NC(=O)[C@H](CC(C)C)NC(=O)[C@@H](Cc1c[nH]c2ccccc12)NC(=O)[C@H](Cc1ccc(O)cc1)N(C)C(=O)[C@H](CO)NC(=O)[C@H](Cc1c[nH]c2ccccc12)NC(=O)CCc1ccc(Cl)cc1. The normalized spacial score (nSPS) is 15.1. The Hall–Kier alpha value is -8.96. The Kier molecular flexibility index (Phi) is 23.7. The summed E-state index contributed by atoms with van der Waals surface area (Å²) in [4.78, 5) is 128. The number of H-pyrrole nitrogens is 2. The van der Waals surface area contributed by atoms with Crippen molar-refractivity contribution >= 4 is 86.6 Å². The number of hydrogen-bond acceptors (Lipinski definition) is 11. The van der Waals surface area contributed by atoms with E-state index in [9.17, 15) is 39.0 Å². The Bertz CT molecular complexity index is 3380.